The molecule has 1 aromatic heterocycles. The van der Waals surface area contributed by atoms with E-state index in [4.69, 9.17) is 11.6 Å². The first-order valence-corrected chi connectivity index (χ1v) is 8.78. The number of anilines is 1. The Labute approximate surface area is 165 Å². The van der Waals surface area contributed by atoms with Crippen LogP contribution in [0.4, 0.5) is 18.9 Å². The number of nitrogens with zero attached hydrogens (tertiary/aromatic N) is 2. The summed E-state index contributed by atoms with van der Waals surface area (Å²) in [6.07, 6.45) is -3.81. The molecule has 0 aliphatic rings. The molecule has 2 aromatic carbocycles. The van der Waals surface area contributed by atoms with Crippen molar-refractivity contribution in [1.82, 2.24) is 4.98 Å². The van der Waals surface area contributed by atoms with Crippen LogP contribution in [-0.2, 0) is 12.7 Å². The first kappa shape index (κ1) is 19.9. The SMILES string of the molecule is Cc1ccc(C(=O)N(Cc2ncc(C(F)(F)F)cc2Cl)c2ccccc2)cc1. The molecule has 0 bridgehead atoms. The molecule has 3 rings (SSSR count). The topological polar surface area (TPSA) is 33.2 Å². The van der Waals surface area contributed by atoms with Crippen molar-refractivity contribution in [2.75, 3.05) is 4.90 Å². The van der Waals surface area contributed by atoms with Crippen molar-refractivity contribution >= 4 is 23.2 Å². The van der Waals surface area contributed by atoms with Gasteiger partial charge in [0.05, 0.1) is 22.8 Å². The molecule has 0 aliphatic carbocycles. The van der Waals surface area contributed by atoms with Crippen molar-refractivity contribution < 1.29 is 18.0 Å². The molecule has 0 fully saturated rings. The van der Waals surface area contributed by atoms with E-state index in [1.807, 2.05) is 19.1 Å². The van der Waals surface area contributed by atoms with E-state index in [2.05, 4.69) is 4.98 Å². The zero-order valence-electron chi connectivity index (χ0n) is 14.9. The lowest BCUT2D eigenvalue weighted by molar-refractivity contribution is -0.137. The molecule has 1 heterocycles. The maximum absolute atomic E-state index is 13.1. The van der Waals surface area contributed by atoms with Crippen LogP contribution in [0.25, 0.3) is 0 Å². The number of carbonyl (C=O) groups is 1. The molecule has 7 heteroatoms. The molecule has 0 N–H and O–H groups in total. The van der Waals surface area contributed by atoms with Gasteiger partial charge in [-0.05, 0) is 37.3 Å². The Bertz CT molecular complexity index is 973. The Morgan fingerprint density at radius 3 is 2.29 bits per heavy atom. The van der Waals surface area contributed by atoms with Gasteiger partial charge in [-0.1, -0.05) is 47.5 Å². The van der Waals surface area contributed by atoms with Gasteiger partial charge in [-0.3, -0.25) is 9.78 Å². The van der Waals surface area contributed by atoms with Crippen molar-refractivity contribution in [3.63, 3.8) is 0 Å². The summed E-state index contributed by atoms with van der Waals surface area (Å²) in [7, 11) is 0. The van der Waals surface area contributed by atoms with E-state index < -0.39 is 11.7 Å². The van der Waals surface area contributed by atoms with Crippen molar-refractivity contribution in [2.45, 2.75) is 19.6 Å². The number of benzene rings is 2. The number of hydrogen-bond acceptors (Lipinski definition) is 2. The minimum atomic E-state index is -4.54. The average Bonchev–Trinajstić information content (AvgIpc) is 2.67. The van der Waals surface area contributed by atoms with Gasteiger partial charge in [0.25, 0.3) is 5.91 Å². The monoisotopic (exact) mass is 404 g/mol. The molecule has 3 nitrogen and oxygen atoms in total. The summed E-state index contributed by atoms with van der Waals surface area (Å²) in [5, 5.41) is -0.146. The predicted octanol–water partition coefficient (Wildman–Crippen LogP) is 5.91. The number of halogens is 4. The number of hydrogen-bond donors (Lipinski definition) is 0. The molecule has 0 spiro atoms. The number of alkyl halides is 3. The second-order valence-electron chi connectivity index (χ2n) is 6.24. The van der Waals surface area contributed by atoms with Crippen LogP contribution in [0.15, 0.2) is 66.9 Å². The number of rotatable bonds is 4. The highest BCUT2D eigenvalue weighted by atomic mass is 35.5. The number of aromatic nitrogens is 1. The number of carbonyl (C=O) groups excluding carboxylic acids is 1. The molecule has 0 saturated heterocycles. The fourth-order valence-corrected chi connectivity index (χ4v) is 2.85. The fourth-order valence-electron chi connectivity index (χ4n) is 2.63. The second-order valence-corrected chi connectivity index (χ2v) is 6.65. The van der Waals surface area contributed by atoms with E-state index in [1.54, 1.807) is 42.5 Å². The van der Waals surface area contributed by atoms with Crippen LogP contribution in [0, 0.1) is 6.92 Å². The largest absolute Gasteiger partial charge is 0.417 e. The van der Waals surface area contributed by atoms with Gasteiger partial charge in [-0.25, -0.2) is 0 Å². The van der Waals surface area contributed by atoms with Crippen LogP contribution in [-0.4, -0.2) is 10.9 Å². The van der Waals surface area contributed by atoms with Crippen LogP contribution < -0.4 is 4.90 Å². The zero-order chi connectivity index (χ0) is 20.3. The first-order valence-electron chi connectivity index (χ1n) is 8.41. The molecule has 0 unspecified atom stereocenters. The third-order valence-electron chi connectivity index (χ3n) is 4.16. The second kappa shape index (κ2) is 8.02. The van der Waals surface area contributed by atoms with Crippen LogP contribution in [0.3, 0.4) is 0 Å². The Hall–Kier alpha value is -2.86. The van der Waals surface area contributed by atoms with Gasteiger partial charge in [-0.2, -0.15) is 13.2 Å². The standard InChI is InChI=1S/C21H16ClF3N2O/c1-14-7-9-15(10-8-14)20(28)27(17-5-3-2-4-6-17)13-19-18(22)11-16(12-26-19)21(23,24)25/h2-12H,13H2,1H3. The lowest BCUT2D eigenvalue weighted by atomic mass is 10.1. The third kappa shape index (κ3) is 4.51. The molecule has 3 aromatic rings. The van der Waals surface area contributed by atoms with Crippen LogP contribution in [0.5, 0.6) is 0 Å². The minimum Gasteiger partial charge on any atom is -0.302 e. The number of pyridine rings is 1. The Kier molecular flexibility index (Phi) is 5.70. The van der Waals surface area contributed by atoms with E-state index >= 15 is 0 Å². The molecule has 144 valence electrons. The molecule has 0 saturated carbocycles. The zero-order valence-corrected chi connectivity index (χ0v) is 15.6. The van der Waals surface area contributed by atoms with Gasteiger partial charge < -0.3 is 4.90 Å². The highest BCUT2D eigenvalue weighted by Gasteiger charge is 2.32. The van der Waals surface area contributed by atoms with Gasteiger partial charge >= 0.3 is 6.18 Å². The van der Waals surface area contributed by atoms with Crippen molar-refractivity contribution in [3.05, 3.63) is 94.3 Å². The van der Waals surface area contributed by atoms with E-state index in [1.165, 1.54) is 4.90 Å². The Morgan fingerprint density at radius 2 is 1.71 bits per heavy atom. The summed E-state index contributed by atoms with van der Waals surface area (Å²) in [6.45, 7) is 1.85. The van der Waals surface area contributed by atoms with E-state index in [-0.39, 0.29) is 23.2 Å². The number of amides is 1. The van der Waals surface area contributed by atoms with Gasteiger partial charge in [0.1, 0.15) is 0 Å². The molecular formula is C21H16ClF3N2O. The normalized spacial score (nSPS) is 11.3. The van der Waals surface area contributed by atoms with E-state index in [9.17, 15) is 18.0 Å². The minimum absolute atomic E-state index is 0.0618. The third-order valence-corrected chi connectivity index (χ3v) is 4.49. The van der Waals surface area contributed by atoms with Crippen LogP contribution in [0.1, 0.15) is 27.2 Å². The summed E-state index contributed by atoms with van der Waals surface area (Å²) >= 11 is 6.04. The molecular weight excluding hydrogens is 389 g/mol. The number of para-hydroxylation sites is 1. The van der Waals surface area contributed by atoms with Crippen molar-refractivity contribution in [2.24, 2.45) is 0 Å². The number of aryl methyl sites for hydroxylation is 1. The van der Waals surface area contributed by atoms with Crippen LogP contribution in [0.2, 0.25) is 5.02 Å². The quantitative estimate of drug-likeness (QED) is 0.541. The predicted molar refractivity (Wildman–Crippen MR) is 102 cm³/mol. The molecule has 0 atom stereocenters. The van der Waals surface area contributed by atoms with Gasteiger partial charge in [0, 0.05) is 17.4 Å². The Morgan fingerprint density at radius 1 is 1.07 bits per heavy atom. The van der Waals surface area contributed by atoms with Crippen LogP contribution >= 0.6 is 11.6 Å². The smallest absolute Gasteiger partial charge is 0.302 e. The average molecular weight is 405 g/mol. The first-order chi connectivity index (χ1) is 13.3. The highest BCUT2D eigenvalue weighted by Crippen LogP contribution is 2.32. The van der Waals surface area contributed by atoms with Crippen molar-refractivity contribution in [3.8, 4) is 0 Å². The summed E-state index contributed by atoms with van der Waals surface area (Å²) in [4.78, 5) is 18.4. The highest BCUT2D eigenvalue weighted by molar-refractivity contribution is 6.31. The summed E-state index contributed by atoms with van der Waals surface area (Å²) < 4.78 is 38.5. The van der Waals surface area contributed by atoms with Gasteiger partial charge in [0.2, 0.25) is 0 Å². The lowest BCUT2D eigenvalue weighted by Gasteiger charge is -2.23. The van der Waals surface area contributed by atoms with Gasteiger partial charge in [0.15, 0.2) is 0 Å². The van der Waals surface area contributed by atoms with Gasteiger partial charge in [-0.15, -0.1) is 0 Å². The van der Waals surface area contributed by atoms with Crippen molar-refractivity contribution in [1.29, 1.82) is 0 Å². The molecule has 1 amide bonds. The summed E-state index contributed by atoms with van der Waals surface area (Å²) in [5.74, 6) is -0.302. The summed E-state index contributed by atoms with van der Waals surface area (Å²) in [6, 6.07) is 16.7. The lowest BCUT2D eigenvalue weighted by Crippen LogP contribution is -2.31. The van der Waals surface area contributed by atoms with E-state index in [0.29, 0.717) is 11.3 Å². The maximum atomic E-state index is 13.1. The Balaban J connectivity index is 1.97. The molecule has 28 heavy (non-hydrogen) atoms. The van der Waals surface area contributed by atoms with E-state index in [0.717, 1.165) is 17.8 Å². The molecule has 0 radical (unpaired) electrons. The fraction of sp³-hybridized carbons (Fsp3) is 0.143. The maximum Gasteiger partial charge on any atom is 0.417 e. The molecule has 0 aliphatic heterocycles. The summed E-state index contributed by atoms with van der Waals surface area (Å²) in [5.41, 5.74) is 1.30.